The number of sulfonamides is 1. The van der Waals surface area contributed by atoms with Crippen LogP contribution in [0.2, 0.25) is 0 Å². The second kappa shape index (κ2) is 8.70. The van der Waals surface area contributed by atoms with E-state index in [4.69, 9.17) is 11.2 Å². The summed E-state index contributed by atoms with van der Waals surface area (Å²) in [5.41, 5.74) is -1.46. The number of hydrogen-bond acceptors (Lipinski definition) is 4. The molecule has 0 spiro atoms. The molecule has 1 unspecified atom stereocenters. The zero-order valence-electron chi connectivity index (χ0n) is 17.0. The minimum absolute atomic E-state index is 0.0488. The lowest BCUT2D eigenvalue weighted by molar-refractivity contribution is 0.125. The second-order valence-corrected chi connectivity index (χ2v) is 8.80. The van der Waals surface area contributed by atoms with Crippen molar-refractivity contribution in [2.45, 2.75) is 32.1 Å². The van der Waals surface area contributed by atoms with Crippen molar-refractivity contribution >= 4 is 27.5 Å². The summed E-state index contributed by atoms with van der Waals surface area (Å²) in [6, 6.07) is 4.07. The molecule has 0 fully saturated rings. The smallest absolute Gasteiger partial charge is 0.415 e. The molecule has 170 valence electrons. The van der Waals surface area contributed by atoms with E-state index in [1.807, 2.05) is 6.92 Å². The molecule has 1 aliphatic rings. The molecule has 0 radical (unpaired) electrons. The zero-order chi connectivity index (χ0) is 23.8. The third-order valence-corrected chi connectivity index (χ3v) is 6.04. The molecule has 0 aromatic heterocycles. The van der Waals surface area contributed by atoms with E-state index < -0.39 is 62.4 Å². The van der Waals surface area contributed by atoms with Crippen molar-refractivity contribution in [3.63, 3.8) is 0 Å². The highest BCUT2D eigenvalue weighted by molar-refractivity contribution is 7.91. The van der Waals surface area contributed by atoms with Crippen LogP contribution in [0.5, 0.6) is 0 Å². The number of carbonyl (C=O) groups excluding carboxylic acids is 1. The molecule has 1 amide bonds. The Labute approximate surface area is 182 Å². The van der Waals surface area contributed by atoms with Crippen molar-refractivity contribution < 1.29 is 35.5 Å². The maximum atomic E-state index is 14.1. The largest absolute Gasteiger partial charge is 0.428 e. The van der Waals surface area contributed by atoms with Gasteiger partial charge in [0.1, 0.15) is 5.75 Å². The number of anilines is 2. The Hall–Kier alpha value is -3.26. The van der Waals surface area contributed by atoms with Gasteiger partial charge in [0.15, 0.2) is 29.4 Å². The first-order valence-electron chi connectivity index (χ1n) is 9.40. The Morgan fingerprint density at radius 1 is 1.16 bits per heavy atom. The summed E-state index contributed by atoms with van der Waals surface area (Å²) in [5.74, 6) is -5.98. The molecule has 0 saturated carbocycles. The Balaban J connectivity index is 1.95. The number of carbonyl (C=O) groups is 1. The summed E-state index contributed by atoms with van der Waals surface area (Å²) in [6.07, 6.45) is 4.30. The van der Waals surface area contributed by atoms with Gasteiger partial charge in [-0.3, -0.25) is 9.62 Å². The number of cyclic esters (lactones) is 1. The van der Waals surface area contributed by atoms with Crippen LogP contribution in [0.1, 0.15) is 36.1 Å². The van der Waals surface area contributed by atoms with Gasteiger partial charge in [-0.25, -0.2) is 30.8 Å². The number of fused-ring (bicyclic) bond motifs is 1. The lowest BCUT2D eigenvalue weighted by Crippen LogP contribution is -2.37. The maximum Gasteiger partial charge on any atom is 0.415 e. The monoisotopic (exact) mass is 470 g/mol. The fourth-order valence-corrected chi connectivity index (χ4v) is 4.47. The first kappa shape index (κ1) is 23.4. The van der Waals surface area contributed by atoms with Gasteiger partial charge in [-0.2, -0.15) is 0 Å². The third-order valence-electron chi connectivity index (χ3n) is 4.82. The molecule has 1 heterocycles. The summed E-state index contributed by atoms with van der Waals surface area (Å²) < 4.78 is 88.0. The van der Waals surface area contributed by atoms with E-state index in [-0.39, 0.29) is 5.69 Å². The Morgan fingerprint density at radius 3 is 2.34 bits per heavy atom. The molecule has 1 atom stereocenters. The quantitative estimate of drug-likeness (QED) is 0.382. The van der Waals surface area contributed by atoms with Crippen LogP contribution in [-0.2, 0) is 20.5 Å². The third kappa shape index (κ3) is 4.23. The van der Waals surface area contributed by atoms with Gasteiger partial charge in [0.05, 0.1) is 5.69 Å². The number of amides is 1. The molecule has 11 heteroatoms. The molecule has 0 bridgehead atoms. The summed E-state index contributed by atoms with van der Waals surface area (Å²) in [6.45, 7) is 3.01. The average molecular weight is 470 g/mol. The number of halogens is 4. The number of rotatable bonds is 6. The summed E-state index contributed by atoms with van der Waals surface area (Å²) in [4.78, 5) is 13.5. The molecular formula is C21H18F4N2O4S. The van der Waals surface area contributed by atoms with Gasteiger partial charge >= 0.3 is 6.09 Å². The highest BCUT2D eigenvalue weighted by atomic mass is 32.2. The van der Waals surface area contributed by atoms with Crippen LogP contribution >= 0.6 is 0 Å². The molecule has 6 nitrogen and oxygen atoms in total. The molecule has 32 heavy (non-hydrogen) atoms. The van der Waals surface area contributed by atoms with E-state index in [9.17, 15) is 30.8 Å². The first-order valence-corrected chi connectivity index (χ1v) is 11.1. The van der Waals surface area contributed by atoms with E-state index in [2.05, 4.69) is 10.6 Å². The predicted molar refractivity (Wildman–Crippen MR) is 109 cm³/mol. The van der Waals surface area contributed by atoms with E-state index in [1.54, 1.807) is 0 Å². The van der Waals surface area contributed by atoms with Gasteiger partial charge in [0, 0.05) is 28.9 Å². The molecule has 2 aromatic rings. The van der Waals surface area contributed by atoms with Gasteiger partial charge in [-0.1, -0.05) is 12.8 Å². The molecule has 2 aromatic carbocycles. The molecule has 0 aliphatic carbocycles. The number of nitrogens with zero attached hydrogens (tertiary/aromatic N) is 1. The van der Waals surface area contributed by atoms with Crippen molar-refractivity contribution in [3.05, 3.63) is 58.2 Å². The molecule has 1 aliphatic heterocycles. The van der Waals surface area contributed by atoms with Crippen LogP contribution in [0.3, 0.4) is 0 Å². The van der Waals surface area contributed by atoms with Crippen LogP contribution in [0.25, 0.3) is 0 Å². The summed E-state index contributed by atoms with van der Waals surface area (Å²) >= 11 is 0. The minimum Gasteiger partial charge on any atom is -0.428 e. The SMILES string of the molecule is C#CC1OC(=O)N(CCC)c2ccc(NS(=O)(=O)Cc3c(F)c(F)c(C)c(F)c3F)cc21. The number of ether oxygens (including phenoxy) is 1. The van der Waals surface area contributed by atoms with Gasteiger partial charge < -0.3 is 4.74 Å². The van der Waals surface area contributed by atoms with E-state index in [1.165, 1.54) is 23.1 Å². The van der Waals surface area contributed by atoms with Crippen LogP contribution in [0.4, 0.5) is 33.7 Å². The van der Waals surface area contributed by atoms with Crippen LogP contribution in [0, 0.1) is 42.5 Å². The summed E-state index contributed by atoms with van der Waals surface area (Å²) in [7, 11) is -4.50. The number of hydrogen-bond donors (Lipinski definition) is 1. The fourth-order valence-electron chi connectivity index (χ4n) is 3.28. The van der Waals surface area contributed by atoms with Crippen molar-refractivity contribution in [2.75, 3.05) is 16.2 Å². The lowest BCUT2D eigenvalue weighted by Gasteiger charge is -2.32. The number of benzene rings is 2. The molecular weight excluding hydrogens is 452 g/mol. The Kier molecular flexibility index (Phi) is 6.37. The standard InChI is InChI=1S/C21H18F4N2O4S/c1-4-8-27-15-7-6-12(9-13(15)16(5-2)31-21(27)28)26-32(29,30)10-14-19(24)17(22)11(3)18(23)20(14)25/h2,6-7,9,16,26H,4,8,10H2,1,3H3. The normalized spacial score (nSPS) is 15.7. The molecule has 3 rings (SSSR count). The zero-order valence-corrected chi connectivity index (χ0v) is 17.8. The van der Waals surface area contributed by atoms with E-state index >= 15 is 0 Å². The van der Waals surface area contributed by atoms with Gasteiger partial charge in [-0.15, -0.1) is 6.42 Å². The van der Waals surface area contributed by atoms with Crippen molar-refractivity contribution in [1.82, 2.24) is 0 Å². The Bertz CT molecular complexity index is 1210. The topological polar surface area (TPSA) is 75.7 Å². The van der Waals surface area contributed by atoms with Crippen molar-refractivity contribution in [2.24, 2.45) is 0 Å². The van der Waals surface area contributed by atoms with Gasteiger partial charge in [0.2, 0.25) is 10.0 Å². The fraction of sp³-hybridized carbons (Fsp3) is 0.286. The van der Waals surface area contributed by atoms with Crippen LogP contribution in [0.15, 0.2) is 18.2 Å². The Morgan fingerprint density at radius 2 is 1.78 bits per heavy atom. The second-order valence-electron chi connectivity index (χ2n) is 7.08. The summed E-state index contributed by atoms with van der Waals surface area (Å²) in [5, 5.41) is 0. The van der Waals surface area contributed by atoms with Crippen molar-refractivity contribution in [3.8, 4) is 12.3 Å². The van der Waals surface area contributed by atoms with E-state index in [0.29, 0.717) is 24.2 Å². The van der Waals surface area contributed by atoms with Crippen LogP contribution < -0.4 is 9.62 Å². The van der Waals surface area contributed by atoms with Gasteiger partial charge in [-0.05, 0) is 31.5 Å². The number of terminal acetylenes is 1. The van der Waals surface area contributed by atoms with Crippen LogP contribution in [-0.4, -0.2) is 21.1 Å². The van der Waals surface area contributed by atoms with Crippen molar-refractivity contribution in [1.29, 1.82) is 0 Å². The highest BCUT2D eigenvalue weighted by Gasteiger charge is 2.32. The number of nitrogens with one attached hydrogen (secondary N) is 1. The molecule has 0 saturated heterocycles. The van der Waals surface area contributed by atoms with E-state index in [0.717, 1.165) is 6.92 Å². The lowest BCUT2D eigenvalue weighted by atomic mass is 10.0. The first-order chi connectivity index (χ1) is 15.0. The average Bonchev–Trinajstić information content (AvgIpc) is 2.75. The predicted octanol–water partition coefficient (Wildman–Crippen LogP) is 4.53. The highest BCUT2D eigenvalue weighted by Crippen LogP contribution is 2.36. The molecule has 1 N–H and O–H groups in total. The van der Waals surface area contributed by atoms with Gasteiger partial charge in [0.25, 0.3) is 0 Å². The minimum atomic E-state index is -4.50. The maximum absolute atomic E-state index is 14.1.